The third-order valence-corrected chi connectivity index (χ3v) is 10.2. The van der Waals surface area contributed by atoms with Crippen LogP contribution in [-0.4, -0.2) is 41.6 Å². The van der Waals surface area contributed by atoms with Crippen molar-refractivity contribution in [2.45, 2.75) is 95.0 Å². The van der Waals surface area contributed by atoms with E-state index < -0.39 is 5.60 Å². The Morgan fingerprint density at radius 3 is 2.47 bits per heavy atom. The number of phenols is 1. The zero-order valence-electron chi connectivity index (χ0n) is 18.9. The molecule has 4 atom stereocenters. The number of hydrogen-bond acceptors (Lipinski definition) is 5. The van der Waals surface area contributed by atoms with Gasteiger partial charge in [0, 0.05) is 24.1 Å². The van der Waals surface area contributed by atoms with Gasteiger partial charge in [0.2, 0.25) is 0 Å². The van der Waals surface area contributed by atoms with Crippen LogP contribution in [0.2, 0.25) is 0 Å². The normalized spacial score (nSPS) is 42.5. The predicted octanol–water partition coefficient (Wildman–Crippen LogP) is 3.52. The fourth-order valence-corrected chi connectivity index (χ4v) is 8.16. The van der Waals surface area contributed by atoms with Crippen LogP contribution in [-0.2, 0) is 22.2 Å². The van der Waals surface area contributed by atoms with Crippen molar-refractivity contribution in [1.29, 1.82) is 0 Å². The van der Waals surface area contributed by atoms with Gasteiger partial charge in [-0.05, 0) is 80.0 Å². The lowest BCUT2D eigenvalue weighted by Gasteiger charge is -2.70. The molecule has 7 rings (SSSR count). The van der Waals surface area contributed by atoms with Crippen molar-refractivity contribution in [3.8, 4) is 11.5 Å². The molecule has 4 fully saturated rings. The van der Waals surface area contributed by atoms with Gasteiger partial charge in [0.1, 0.15) is 11.7 Å². The number of rotatable bonds is 2. The average molecular weight is 414 g/mol. The molecule has 0 radical (unpaired) electrons. The molecule has 3 saturated carbocycles. The summed E-state index contributed by atoms with van der Waals surface area (Å²) in [4.78, 5) is 0. The van der Waals surface area contributed by atoms with Crippen LogP contribution in [0.25, 0.3) is 0 Å². The van der Waals surface area contributed by atoms with Gasteiger partial charge in [-0.25, -0.2) is 0 Å². The summed E-state index contributed by atoms with van der Waals surface area (Å²) in [5.74, 6) is 0.841. The summed E-state index contributed by atoms with van der Waals surface area (Å²) in [5.41, 5.74) is 1.57. The van der Waals surface area contributed by atoms with Crippen molar-refractivity contribution in [2.75, 3.05) is 13.7 Å². The van der Waals surface area contributed by atoms with Crippen LogP contribution in [0.4, 0.5) is 0 Å². The topological polar surface area (TPSA) is 71.0 Å². The second-order valence-electron chi connectivity index (χ2n) is 11.8. The molecule has 5 heteroatoms. The Bertz CT molecular complexity index is 937. The quantitative estimate of drug-likeness (QED) is 0.692. The first kappa shape index (κ1) is 19.4. The van der Waals surface area contributed by atoms with E-state index in [2.05, 4.69) is 26.1 Å². The third kappa shape index (κ3) is 1.81. The number of nitrogens with one attached hydrogen (secondary N) is 1. The number of ether oxygens (including phenoxy) is 2. The summed E-state index contributed by atoms with van der Waals surface area (Å²) in [6.07, 6.45) is 6.14. The lowest BCUT2D eigenvalue weighted by atomic mass is 9.36. The molecule has 1 saturated heterocycles. The van der Waals surface area contributed by atoms with Gasteiger partial charge in [0.15, 0.2) is 11.5 Å². The maximum absolute atomic E-state index is 11.7. The maximum atomic E-state index is 11.7. The number of aliphatic hydroxyl groups is 1. The number of hydrogen-bond donors (Lipinski definition) is 3. The van der Waals surface area contributed by atoms with Crippen LogP contribution in [0.1, 0.15) is 76.5 Å². The monoisotopic (exact) mass is 413 g/mol. The average Bonchev–Trinajstić information content (AvgIpc) is 3.05. The van der Waals surface area contributed by atoms with Crippen LogP contribution < -0.4 is 10.1 Å². The summed E-state index contributed by atoms with van der Waals surface area (Å²) in [6.45, 7) is 9.05. The smallest absolute Gasteiger partial charge is 0.165 e. The fraction of sp³-hybridized carbons (Fsp3) is 0.760. The number of phenolic OH excluding ortho intramolecular Hbond substituents is 1. The number of piperidine rings is 1. The van der Waals surface area contributed by atoms with Gasteiger partial charge in [-0.2, -0.15) is 0 Å². The molecule has 2 heterocycles. The van der Waals surface area contributed by atoms with E-state index in [0.29, 0.717) is 11.8 Å². The Morgan fingerprint density at radius 1 is 1.13 bits per heavy atom. The molecule has 4 aliphatic carbocycles. The van der Waals surface area contributed by atoms with Crippen LogP contribution >= 0.6 is 0 Å². The van der Waals surface area contributed by atoms with Gasteiger partial charge in [0.25, 0.3) is 0 Å². The Morgan fingerprint density at radius 2 is 1.83 bits per heavy atom. The maximum Gasteiger partial charge on any atom is 0.165 e. The van der Waals surface area contributed by atoms with Gasteiger partial charge < -0.3 is 25.0 Å². The first-order valence-electron chi connectivity index (χ1n) is 11.6. The second-order valence-corrected chi connectivity index (χ2v) is 11.8. The molecule has 1 aromatic carbocycles. The Balaban J connectivity index is 1.68. The number of benzene rings is 1. The van der Waals surface area contributed by atoms with Crippen molar-refractivity contribution in [2.24, 2.45) is 10.8 Å². The van der Waals surface area contributed by atoms with Crippen molar-refractivity contribution < 1.29 is 19.7 Å². The lowest BCUT2D eigenvalue weighted by Crippen LogP contribution is -2.78. The summed E-state index contributed by atoms with van der Waals surface area (Å²) in [6, 6.07) is 2.16. The molecule has 0 amide bonds. The fourth-order valence-electron chi connectivity index (χ4n) is 8.16. The van der Waals surface area contributed by atoms with E-state index in [-0.39, 0.29) is 33.7 Å². The molecule has 30 heavy (non-hydrogen) atoms. The molecular formula is C25H35NO4. The Labute approximate surface area is 179 Å². The minimum Gasteiger partial charge on any atom is -0.504 e. The molecule has 2 spiro atoms. The largest absolute Gasteiger partial charge is 0.504 e. The highest BCUT2D eigenvalue weighted by molar-refractivity contribution is 5.66. The molecule has 1 unspecified atom stereocenters. The predicted molar refractivity (Wildman–Crippen MR) is 114 cm³/mol. The van der Waals surface area contributed by atoms with Crippen LogP contribution in [0, 0.1) is 10.8 Å². The highest BCUT2D eigenvalue weighted by Crippen LogP contribution is 2.75. The van der Waals surface area contributed by atoms with Gasteiger partial charge in [-0.15, -0.1) is 0 Å². The van der Waals surface area contributed by atoms with Crippen molar-refractivity contribution >= 4 is 0 Å². The SMILES string of the molecule is COC12CCC3(CC1)[C@H]1Cc4c([C@@](C)(O)C(C)(C)C)cc(O)c5c4[C@@]3(CCN1)C2O5. The molecule has 164 valence electrons. The van der Waals surface area contributed by atoms with E-state index >= 15 is 0 Å². The van der Waals surface area contributed by atoms with E-state index in [4.69, 9.17) is 9.47 Å². The molecule has 2 aliphatic heterocycles. The number of fused-ring (bicyclic) bond motifs is 2. The second kappa shape index (κ2) is 5.36. The van der Waals surface area contributed by atoms with Crippen molar-refractivity contribution in [3.05, 3.63) is 22.8 Å². The van der Waals surface area contributed by atoms with E-state index in [0.717, 1.165) is 50.6 Å². The lowest BCUT2D eigenvalue weighted by molar-refractivity contribution is -0.235. The highest BCUT2D eigenvalue weighted by Gasteiger charge is 2.78. The number of methoxy groups -OCH3 is 1. The molecule has 6 aliphatic rings. The first-order chi connectivity index (χ1) is 14.0. The molecule has 4 bridgehead atoms. The van der Waals surface area contributed by atoms with Crippen LogP contribution in [0.15, 0.2) is 6.07 Å². The minimum absolute atomic E-state index is 0.0584. The Hall–Kier alpha value is -1.30. The van der Waals surface area contributed by atoms with Gasteiger partial charge in [-0.3, -0.25) is 0 Å². The molecule has 5 nitrogen and oxygen atoms in total. The van der Waals surface area contributed by atoms with Gasteiger partial charge in [-0.1, -0.05) is 20.8 Å². The van der Waals surface area contributed by atoms with Crippen molar-refractivity contribution in [3.63, 3.8) is 0 Å². The van der Waals surface area contributed by atoms with Gasteiger partial charge in [0.05, 0.1) is 5.60 Å². The standard InChI is InChI=1S/C25H35NO4/c1-21(2,3)22(4,28)15-13-16(27)19-18-14(15)12-17-23-6-8-24(29-5,9-7-23)20(30-19)25(18,23)10-11-26-17/h13,17,20,26-28H,6-12H2,1-5H3/t17-,20?,22-,23?,24?,25+/m1/s1. The van der Waals surface area contributed by atoms with Crippen LogP contribution in [0.3, 0.4) is 0 Å². The summed E-state index contributed by atoms with van der Waals surface area (Å²) < 4.78 is 12.9. The summed E-state index contributed by atoms with van der Waals surface area (Å²) in [7, 11) is 1.83. The third-order valence-electron chi connectivity index (χ3n) is 10.2. The van der Waals surface area contributed by atoms with Gasteiger partial charge >= 0.3 is 0 Å². The van der Waals surface area contributed by atoms with E-state index in [1.807, 2.05) is 14.0 Å². The Kier molecular flexibility index (Phi) is 3.46. The summed E-state index contributed by atoms with van der Waals surface area (Å²) >= 11 is 0. The molecular weight excluding hydrogens is 378 g/mol. The molecule has 1 aromatic rings. The molecule has 3 N–H and O–H groups in total. The van der Waals surface area contributed by atoms with E-state index in [9.17, 15) is 10.2 Å². The van der Waals surface area contributed by atoms with E-state index in [1.54, 1.807) is 6.07 Å². The zero-order chi connectivity index (χ0) is 21.3. The first-order valence-corrected chi connectivity index (χ1v) is 11.6. The van der Waals surface area contributed by atoms with E-state index in [1.165, 1.54) is 11.1 Å². The summed E-state index contributed by atoms with van der Waals surface area (Å²) in [5, 5.41) is 26.7. The molecule has 0 aromatic heterocycles. The zero-order valence-corrected chi connectivity index (χ0v) is 18.9. The number of aromatic hydroxyl groups is 1. The highest BCUT2D eigenvalue weighted by atomic mass is 16.6. The van der Waals surface area contributed by atoms with Crippen molar-refractivity contribution in [1.82, 2.24) is 5.32 Å². The van der Waals surface area contributed by atoms with Crippen LogP contribution in [0.5, 0.6) is 11.5 Å². The minimum atomic E-state index is -1.06.